The van der Waals surface area contributed by atoms with Crippen LogP contribution in [0.5, 0.6) is 11.5 Å². The number of hydrogen-bond acceptors (Lipinski definition) is 3. The molecule has 0 aromatic heterocycles. The Bertz CT molecular complexity index is 1510. The van der Waals surface area contributed by atoms with E-state index in [-0.39, 0.29) is 0 Å². The Hall–Kier alpha value is -4.50. The van der Waals surface area contributed by atoms with Crippen molar-refractivity contribution in [3.05, 3.63) is 137 Å². The van der Waals surface area contributed by atoms with Crippen molar-refractivity contribution in [3.8, 4) is 22.6 Å². The molecular formula is C38H41NO2. The highest BCUT2D eigenvalue weighted by Crippen LogP contribution is 2.38. The summed E-state index contributed by atoms with van der Waals surface area (Å²) in [6, 6.07) is 38.5. The third-order valence-corrected chi connectivity index (χ3v) is 7.33. The fraction of sp³-hybridized carbons (Fsp3) is 0.211. The van der Waals surface area contributed by atoms with Gasteiger partial charge < -0.3 is 14.4 Å². The maximum absolute atomic E-state index is 5.38. The first-order chi connectivity index (χ1) is 19.8. The average molecular weight is 544 g/mol. The van der Waals surface area contributed by atoms with Crippen molar-refractivity contribution in [2.45, 2.75) is 41.0 Å². The number of anilines is 3. The molecular weight excluding hydrogens is 502 g/mol. The van der Waals surface area contributed by atoms with Crippen LogP contribution < -0.4 is 14.4 Å². The SMILES string of the molecule is CCc1ccc(N(c2ccc(OC)cc2)c2ccc(-c3ccc(C)cc3C)c(C)c2)cc1.COc1ccc(C)cc1. The minimum Gasteiger partial charge on any atom is -0.497 e. The highest BCUT2D eigenvalue weighted by atomic mass is 16.5. The summed E-state index contributed by atoms with van der Waals surface area (Å²) in [5.41, 5.74) is 12.4. The number of benzene rings is 5. The Morgan fingerprint density at radius 1 is 0.488 bits per heavy atom. The molecule has 0 aliphatic carbocycles. The summed E-state index contributed by atoms with van der Waals surface area (Å²) in [6.07, 6.45) is 1.03. The van der Waals surface area contributed by atoms with E-state index in [4.69, 9.17) is 9.47 Å². The summed E-state index contributed by atoms with van der Waals surface area (Å²) in [6.45, 7) is 10.8. The van der Waals surface area contributed by atoms with Crippen LogP contribution in [-0.2, 0) is 6.42 Å². The van der Waals surface area contributed by atoms with Crippen molar-refractivity contribution in [1.29, 1.82) is 0 Å². The molecule has 0 bridgehead atoms. The molecule has 0 fully saturated rings. The monoisotopic (exact) mass is 543 g/mol. The predicted octanol–water partition coefficient (Wildman–Crippen LogP) is 10.3. The number of ether oxygens (including phenoxy) is 2. The van der Waals surface area contributed by atoms with Crippen LogP contribution in [0.4, 0.5) is 17.1 Å². The third-order valence-electron chi connectivity index (χ3n) is 7.33. The normalized spacial score (nSPS) is 10.4. The Labute approximate surface area is 246 Å². The molecule has 0 saturated heterocycles. The maximum Gasteiger partial charge on any atom is 0.119 e. The molecule has 0 aliphatic heterocycles. The van der Waals surface area contributed by atoms with Gasteiger partial charge in [0.15, 0.2) is 0 Å². The molecule has 5 rings (SSSR count). The van der Waals surface area contributed by atoms with E-state index in [0.29, 0.717) is 0 Å². The summed E-state index contributed by atoms with van der Waals surface area (Å²) >= 11 is 0. The number of hydrogen-bond donors (Lipinski definition) is 0. The molecule has 0 spiro atoms. The van der Waals surface area contributed by atoms with Gasteiger partial charge >= 0.3 is 0 Å². The lowest BCUT2D eigenvalue weighted by atomic mass is 9.95. The van der Waals surface area contributed by atoms with Gasteiger partial charge in [0.2, 0.25) is 0 Å². The second-order valence-electron chi connectivity index (χ2n) is 10.4. The summed E-state index contributed by atoms with van der Waals surface area (Å²) < 4.78 is 10.3. The topological polar surface area (TPSA) is 21.7 Å². The predicted molar refractivity (Wildman–Crippen MR) is 174 cm³/mol. The van der Waals surface area contributed by atoms with E-state index in [1.54, 1.807) is 14.2 Å². The first-order valence-electron chi connectivity index (χ1n) is 14.1. The van der Waals surface area contributed by atoms with Gasteiger partial charge in [-0.2, -0.15) is 0 Å². The summed E-state index contributed by atoms with van der Waals surface area (Å²) in [7, 11) is 3.37. The highest BCUT2D eigenvalue weighted by molar-refractivity contribution is 5.80. The lowest BCUT2D eigenvalue weighted by Gasteiger charge is -2.27. The van der Waals surface area contributed by atoms with Crippen LogP contribution in [-0.4, -0.2) is 14.2 Å². The molecule has 210 valence electrons. The van der Waals surface area contributed by atoms with Gasteiger partial charge in [0.05, 0.1) is 14.2 Å². The number of methoxy groups -OCH3 is 2. The first-order valence-corrected chi connectivity index (χ1v) is 14.1. The van der Waals surface area contributed by atoms with Crippen LogP contribution in [0.15, 0.2) is 109 Å². The van der Waals surface area contributed by atoms with Crippen LogP contribution in [0.1, 0.15) is 34.7 Å². The zero-order chi connectivity index (χ0) is 29.4. The quantitative estimate of drug-likeness (QED) is 0.204. The van der Waals surface area contributed by atoms with Crippen molar-refractivity contribution < 1.29 is 9.47 Å². The van der Waals surface area contributed by atoms with Gasteiger partial charge in [-0.05, 0) is 123 Å². The van der Waals surface area contributed by atoms with E-state index in [2.05, 4.69) is 112 Å². The lowest BCUT2D eigenvalue weighted by molar-refractivity contribution is 0.414. The van der Waals surface area contributed by atoms with Gasteiger partial charge in [-0.25, -0.2) is 0 Å². The van der Waals surface area contributed by atoms with E-state index >= 15 is 0 Å². The third kappa shape index (κ3) is 7.37. The van der Waals surface area contributed by atoms with E-state index in [9.17, 15) is 0 Å². The Morgan fingerprint density at radius 3 is 1.41 bits per heavy atom. The van der Waals surface area contributed by atoms with Crippen LogP contribution >= 0.6 is 0 Å². The second kappa shape index (κ2) is 13.7. The standard InChI is InChI=1S/C30H31NO.C8H10O/c1-6-24-8-10-25(11-9-24)31(26-12-15-28(32-5)16-13-26)27-14-18-30(23(4)20-27)29-17-7-21(2)19-22(29)3;1-7-3-5-8(9-2)6-4-7/h7-20H,6H2,1-5H3;3-6H,1-2H3. The van der Waals surface area contributed by atoms with Crippen molar-refractivity contribution in [1.82, 2.24) is 0 Å². The van der Waals surface area contributed by atoms with Crippen molar-refractivity contribution in [3.63, 3.8) is 0 Å². The van der Waals surface area contributed by atoms with Gasteiger partial charge in [0.25, 0.3) is 0 Å². The van der Waals surface area contributed by atoms with Crippen LogP contribution in [0, 0.1) is 27.7 Å². The summed E-state index contributed by atoms with van der Waals surface area (Å²) in [5.74, 6) is 1.78. The van der Waals surface area contributed by atoms with E-state index in [1.165, 1.54) is 38.9 Å². The first kappa shape index (κ1) is 29.5. The molecule has 3 nitrogen and oxygen atoms in total. The molecule has 0 aliphatic rings. The Balaban J connectivity index is 0.000000367. The minimum absolute atomic E-state index is 0.858. The molecule has 3 heteroatoms. The number of rotatable bonds is 7. The summed E-state index contributed by atoms with van der Waals surface area (Å²) in [4.78, 5) is 2.30. The van der Waals surface area contributed by atoms with Crippen molar-refractivity contribution in [2.75, 3.05) is 19.1 Å². The van der Waals surface area contributed by atoms with Gasteiger partial charge in [-0.15, -0.1) is 0 Å². The van der Waals surface area contributed by atoms with E-state index in [1.807, 2.05) is 36.4 Å². The summed E-state index contributed by atoms with van der Waals surface area (Å²) in [5, 5.41) is 0. The fourth-order valence-electron chi connectivity index (χ4n) is 4.94. The number of nitrogens with zero attached hydrogens (tertiary/aromatic N) is 1. The second-order valence-corrected chi connectivity index (χ2v) is 10.4. The van der Waals surface area contributed by atoms with E-state index < -0.39 is 0 Å². The number of aryl methyl sites for hydroxylation is 5. The molecule has 0 radical (unpaired) electrons. The molecule has 5 aromatic rings. The molecule has 0 unspecified atom stereocenters. The molecule has 0 heterocycles. The maximum atomic E-state index is 5.38. The van der Waals surface area contributed by atoms with Crippen molar-refractivity contribution >= 4 is 17.1 Å². The van der Waals surface area contributed by atoms with Crippen LogP contribution in [0.3, 0.4) is 0 Å². The minimum atomic E-state index is 0.858. The highest BCUT2D eigenvalue weighted by Gasteiger charge is 2.15. The molecule has 0 amide bonds. The molecule has 0 atom stereocenters. The molecule has 0 saturated carbocycles. The smallest absolute Gasteiger partial charge is 0.119 e. The van der Waals surface area contributed by atoms with Crippen LogP contribution in [0.2, 0.25) is 0 Å². The van der Waals surface area contributed by atoms with Gasteiger partial charge in [-0.1, -0.05) is 66.6 Å². The Morgan fingerprint density at radius 2 is 0.927 bits per heavy atom. The van der Waals surface area contributed by atoms with Gasteiger partial charge in [0.1, 0.15) is 11.5 Å². The van der Waals surface area contributed by atoms with E-state index in [0.717, 1.165) is 35.0 Å². The van der Waals surface area contributed by atoms with Gasteiger partial charge in [0, 0.05) is 17.1 Å². The fourth-order valence-corrected chi connectivity index (χ4v) is 4.94. The van der Waals surface area contributed by atoms with Crippen molar-refractivity contribution in [2.24, 2.45) is 0 Å². The lowest BCUT2D eigenvalue weighted by Crippen LogP contribution is -2.10. The largest absolute Gasteiger partial charge is 0.497 e. The molecule has 0 N–H and O–H groups in total. The van der Waals surface area contributed by atoms with Gasteiger partial charge in [-0.3, -0.25) is 0 Å². The van der Waals surface area contributed by atoms with Crippen LogP contribution in [0.25, 0.3) is 11.1 Å². The molecule has 5 aromatic carbocycles. The molecule has 41 heavy (non-hydrogen) atoms. The zero-order valence-corrected chi connectivity index (χ0v) is 25.4. The zero-order valence-electron chi connectivity index (χ0n) is 25.4. The Kier molecular flexibility index (Phi) is 9.86. The average Bonchev–Trinajstić information content (AvgIpc) is 2.99.